The Morgan fingerprint density at radius 3 is 2.47 bits per heavy atom. The fourth-order valence-corrected chi connectivity index (χ4v) is 1.92. The smallest absolute Gasteiger partial charge is 0.160 e. The maximum absolute atomic E-state index is 9.79. The summed E-state index contributed by atoms with van der Waals surface area (Å²) in [4.78, 5) is 0. The van der Waals surface area contributed by atoms with Gasteiger partial charge < -0.3 is 9.84 Å². The molecule has 2 aromatic rings. The first-order valence-electron chi connectivity index (χ1n) is 5.57. The van der Waals surface area contributed by atoms with Crippen molar-refractivity contribution in [2.24, 2.45) is 0 Å². The maximum atomic E-state index is 9.79. The molecule has 0 aromatic heterocycles. The monoisotopic (exact) mass is 228 g/mol. The van der Waals surface area contributed by atoms with Crippen molar-refractivity contribution in [2.45, 2.75) is 13.8 Å². The maximum Gasteiger partial charge on any atom is 0.160 e. The molecule has 2 aromatic carbocycles. The van der Waals surface area contributed by atoms with Gasteiger partial charge in [-0.2, -0.15) is 0 Å². The van der Waals surface area contributed by atoms with E-state index in [1.807, 2.05) is 12.1 Å². The number of aromatic hydroxyl groups is 1. The minimum Gasteiger partial charge on any atom is -0.504 e. The molecule has 0 heterocycles. The molecule has 0 spiro atoms. The van der Waals surface area contributed by atoms with E-state index in [1.165, 1.54) is 11.1 Å². The van der Waals surface area contributed by atoms with Crippen LogP contribution < -0.4 is 4.74 Å². The predicted molar refractivity (Wildman–Crippen MR) is 69.6 cm³/mol. The van der Waals surface area contributed by atoms with E-state index in [0.717, 1.165) is 11.1 Å². The molecule has 0 atom stereocenters. The van der Waals surface area contributed by atoms with Crippen LogP contribution in [0.3, 0.4) is 0 Å². The number of hydrogen-bond donors (Lipinski definition) is 1. The molecule has 0 unspecified atom stereocenters. The van der Waals surface area contributed by atoms with Crippen LogP contribution in [-0.4, -0.2) is 12.2 Å². The minimum absolute atomic E-state index is 0.172. The van der Waals surface area contributed by atoms with Crippen LogP contribution in [0.15, 0.2) is 36.4 Å². The Hall–Kier alpha value is -1.96. The SMILES string of the molecule is COc1ccc(-c2cccc(C)c2C)cc1O. The Balaban J connectivity index is 2.54. The lowest BCUT2D eigenvalue weighted by Crippen LogP contribution is -1.88. The molecule has 0 aliphatic rings. The second-order valence-electron chi connectivity index (χ2n) is 4.13. The Labute approximate surface area is 101 Å². The first-order chi connectivity index (χ1) is 8.13. The first-order valence-corrected chi connectivity index (χ1v) is 5.57. The van der Waals surface area contributed by atoms with E-state index in [0.29, 0.717) is 5.75 Å². The zero-order valence-corrected chi connectivity index (χ0v) is 10.3. The molecule has 0 radical (unpaired) electrons. The van der Waals surface area contributed by atoms with E-state index in [2.05, 4.69) is 26.0 Å². The van der Waals surface area contributed by atoms with Crippen LogP contribution in [-0.2, 0) is 0 Å². The number of benzene rings is 2. The third-order valence-electron chi connectivity index (χ3n) is 3.09. The molecule has 0 fully saturated rings. The van der Waals surface area contributed by atoms with Crippen molar-refractivity contribution < 1.29 is 9.84 Å². The molecule has 0 aliphatic heterocycles. The molecule has 0 saturated carbocycles. The van der Waals surface area contributed by atoms with Crippen LogP contribution >= 0.6 is 0 Å². The summed E-state index contributed by atoms with van der Waals surface area (Å²) in [7, 11) is 1.55. The summed E-state index contributed by atoms with van der Waals surface area (Å²) in [5.41, 5.74) is 4.63. The molecule has 17 heavy (non-hydrogen) atoms. The van der Waals surface area contributed by atoms with Gasteiger partial charge in [0.05, 0.1) is 7.11 Å². The molecule has 0 aliphatic carbocycles. The highest BCUT2D eigenvalue weighted by molar-refractivity contribution is 5.71. The minimum atomic E-state index is 0.172. The van der Waals surface area contributed by atoms with Crippen LogP contribution in [0.2, 0.25) is 0 Å². The van der Waals surface area contributed by atoms with Crippen LogP contribution in [0.4, 0.5) is 0 Å². The highest BCUT2D eigenvalue weighted by atomic mass is 16.5. The average Bonchev–Trinajstić information content (AvgIpc) is 2.32. The van der Waals surface area contributed by atoms with Gasteiger partial charge in [-0.15, -0.1) is 0 Å². The first kappa shape index (κ1) is 11.5. The molecule has 0 amide bonds. The number of aryl methyl sites for hydroxylation is 1. The largest absolute Gasteiger partial charge is 0.504 e. The van der Waals surface area contributed by atoms with Gasteiger partial charge >= 0.3 is 0 Å². The zero-order valence-electron chi connectivity index (χ0n) is 10.3. The van der Waals surface area contributed by atoms with Crippen LogP contribution in [0.25, 0.3) is 11.1 Å². The summed E-state index contributed by atoms with van der Waals surface area (Å²) in [6, 6.07) is 11.7. The van der Waals surface area contributed by atoms with Crippen LogP contribution in [0.1, 0.15) is 11.1 Å². The van der Waals surface area contributed by atoms with Gasteiger partial charge in [0.25, 0.3) is 0 Å². The standard InChI is InChI=1S/C15H16O2/c1-10-5-4-6-13(11(10)2)12-7-8-15(17-3)14(16)9-12/h4-9,16H,1-3H3. The van der Waals surface area contributed by atoms with Gasteiger partial charge in [0, 0.05) is 0 Å². The Morgan fingerprint density at radius 1 is 1.06 bits per heavy atom. The van der Waals surface area contributed by atoms with Crippen molar-refractivity contribution >= 4 is 0 Å². The highest BCUT2D eigenvalue weighted by Crippen LogP contribution is 2.33. The molecule has 1 N–H and O–H groups in total. The normalized spacial score (nSPS) is 10.3. The van der Waals surface area contributed by atoms with Gasteiger partial charge in [-0.05, 0) is 48.2 Å². The average molecular weight is 228 g/mol. The fourth-order valence-electron chi connectivity index (χ4n) is 1.92. The van der Waals surface area contributed by atoms with E-state index < -0.39 is 0 Å². The van der Waals surface area contributed by atoms with E-state index >= 15 is 0 Å². The van der Waals surface area contributed by atoms with Gasteiger partial charge in [-0.1, -0.05) is 24.3 Å². The van der Waals surface area contributed by atoms with Crippen molar-refractivity contribution in [3.05, 3.63) is 47.5 Å². The third-order valence-corrected chi connectivity index (χ3v) is 3.09. The number of ether oxygens (including phenoxy) is 1. The second kappa shape index (κ2) is 4.50. The van der Waals surface area contributed by atoms with Crippen LogP contribution in [0.5, 0.6) is 11.5 Å². The van der Waals surface area contributed by atoms with E-state index in [9.17, 15) is 5.11 Å². The molecular formula is C15H16O2. The molecular weight excluding hydrogens is 212 g/mol. The number of rotatable bonds is 2. The number of hydrogen-bond acceptors (Lipinski definition) is 2. The van der Waals surface area contributed by atoms with Gasteiger partial charge in [-0.25, -0.2) is 0 Å². The summed E-state index contributed by atoms with van der Waals surface area (Å²) in [5.74, 6) is 0.671. The van der Waals surface area contributed by atoms with Crippen molar-refractivity contribution in [2.75, 3.05) is 7.11 Å². The Bertz CT molecular complexity index is 545. The lowest BCUT2D eigenvalue weighted by molar-refractivity contribution is 0.373. The quantitative estimate of drug-likeness (QED) is 0.849. The van der Waals surface area contributed by atoms with Gasteiger partial charge in [-0.3, -0.25) is 0 Å². The van der Waals surface area contributed by atoms with E-state index in [4.69, 9.17) is 4.74 Å². The number of phenolic OH excluding ortho intramolecular Hbond substituents is 1. The number of methoxy groups -OCH3 is 1. The van der Waals surface area contributed by atoms with E-state index in [-0.39, 0.29) is 5.75 Å². The van der Waals surface area contributed by atoms with Crippen molar-refractivity contribution in [3.8, 4) is 22.6 Å². The molecule has 0 saturated heterocycles. The fraction of sp³-hybridized carbons (Fsp3) is 0.200. The Kier molecular flexibility index (Phi) is 3.05. The van der Waals surface area contributed by atoms with E-state index in [1.54, 1.807) is 19.2 Å². The summed E-state index contributed by atoms with van der Waals surface area (Å²) >= 11 is 0. The summed E-state index contributed by atoms with van der Waals surface area (Å²) in [6.45, 7) is 4.17. The third kappa shape index (κ3) is 2.11. The van der Waals surface area contributed by atoms with Crippen molar-refractivity contribution in [1.29, 1.82) is 0 Å². The Morgan fingerprint density at radius 2 is 1.82 bits per heavy atom. The summed E-state index contributed by atoms with van der Waals surface area (Å²) in [6.07, 6.45) is 0. The number of phenols is 1. The summed E-state index contributed by atoms with van der Waals surface area (Å²) in [5, 5.41) is 9.79. The summed E-state index contributed by atoms with van der Waals surface area (Å²) < 4.78 is 5.04. The van der Waals surface area contributed by atoms with Crippen molar-refractivity contribution in [1.82, 2.24) is 0 Å². The molecule has 2 heteroatoms. The van der Waals surface area contributed by atoms with Gasteiger partial charge in [0.1, 0.15) is 0 Å². The molecule has 2 nitrogen and oxygen atoms in total. The van der Waals surface area contributed by atoms with Crippen molar-refractivity contribution in [3.63, 3.8) is 0 Å². The molecule has 0 bridgehead atoms. The second-order valence-corrected chi connectivity index (χ2v) is 4.13. The zero-order chi connectivity index (χ0) is 12.4. The van der Waals surface area contributed by atoms with Gasteiger partial charge in [0.15, 0.2) is 11.5 Å². The van der Waals surface area contributed by atoms with Crippen LogP contribution in [0, 0.1) is 13.8 Å². The molecule has 2 rings (SSSR count). The lowest BCUT2D eigenvalue weighted by atomic mass is 9.97. The topological polar surface area (TPSA) is 29.5 Å². The molecule has 88 valence electrons. The lowest BCUT2D eigenvalue weighted by Gasteiger charge is -2.10. The highest BCUT2D eigenvalue weighted by Gasteiger charge is 2.07. The predicted octanol–water partition coefficient (Wildman–Crippen LogP) is 3.68. The van der Waals surface area contributed by atoms with Gasteiger partial charge in [0.2, 0.25) is 0 Å².